The average molecular weight is 527 g/mol. The standard InChI is InChI=1S/C34H38O5/c1-5-7-8-25(6-2)22-39-34-21-30(26-9-13-28(14-10-26)32(37)19-23(3)35)17-18-31(34)27-11-15-29(16-12-27)33(38)20-24(4)36/h9-21,25,37-38H,5-8,22H2,1-4H3/b32-19-,33-20-. The molecule has 5 heteroatoms. The summed E-state index contributed by atoms with van der Waals surface area (Å²) in [7, 11) is 0. The topological polar surface area (TPSA) is 83.8 Å². The van der Waals surface area contributed by atoms with Gasteiger partial charge in [0.15, 0.2) is 11.6 Å². The highest BCUT2D eigenvalue weighted by Gasteiger charge is 2.14. The Morgan fingerprint density at radius 2 is 1.28 bits per heavy atom. The van der Waals surface area contributed by atoms with Crippen LogP contribution in [0, 0.1) is 5.92 Å². The fourth-order valence-corrected chi connectivity index (χ4v) is 4.37. The highest BCUT2D eigenvalue weighted by molar-refractivity contribution is 5.94. The molecular formula is C34H38O5. The maximum Gasteiger partial charge on any atom is 0.156 e. The van der Waals surface area contributed by atoms with Gasteiger partial charge in [-0.15, -0.1) is 0 Å². The van der Waals surface area contributed by atoms with Gasteiger partial charge in [-0.3, -0.25) is 9.59 Å². The van der Waals surface area contributed by atoms with Crippen molar-refractivity contribution < 1.29 is 24.5 Å². The number of hydrogen-bond acceptors (Lipinski definition) is 5. The predicted molar refractivity (Wildman–Crippen MR) is 159 cm³/mol. The number of hydrogen-bond donors (Lipinski definition) is 2. The molecule has 0 aromatic heterocycles. The van der Waals surface area contributed by atoms with Crippen LogP contribution in [0.25, 0.3) is 33.8 Å². The number of carbonyl (C=O) groups is 2. The van der Waals surface area contributed by atoms with Gasteiger partial charge < -0.3 is 14.9 Å². The van der Waals surface area contributed by atoms with Gasteiger partial charge >= 0.3 is 0 Å². The molecule has 204 valence electrons. The van der Waals surface area contributed by atoms with Gasteiger partial charge in [-0.05, 0) is 48.9 Å². The van der Waals surface area contributed by atoms with Crippen LogP contribution in [-0.2, 0) is 9.59 Å². The maximum absolute atomic E-state index is 11.3. The molecule has 0 spiro atoms. The third-order valence-corrected chi connectivity index (χ3v) is 6.69. The van der Waals surface area contributed by atoms with Crippen LogP contribution in [0.1, 0.15) is 64.5 Å². The molecule has 0 aliphatic heterocycles. The molecule has 0 heterocycles. The van der Waals surface area contributed by atoms with Crippen LogP contribution < -0.4 is 4.74 Å². The van der Waals surface area contributed by atoms with E-state index in [4.69, 9.17) is 4.74 Å². The van der Waals surface area contributed by atoms with Crippen LogP contribution in [0.2, 0.25) is 0 Å². The summed E-state index contributed by atoms with van der Waals surface area (Å²) in [6.07, 6.45) is 6.91. The van der Waals surface area contributed by atoms with E-state index in [0.29, 0.717) is 23.7 Å². The molecule has 0 saturated carbocycles. The molecule has 0 aliphatic carbocycles. The summed E-state index contributed by atoms with van der Waals surface area (Å²) in [5.41, 5.74) is 4.94. The van der Waals surface area contributed by atoms with Gasteiger partial charge in [-0.1, -0.05) is 93.8 Å². The van der Waals surface area contributed by atoms with Crippen molar-refractivity contribution in [2.24, 2.45) is 5.92 Å². The largest absolute Gasteiger partial charge is 0.507 e. The van der Waals surface area contributed by atoms with Crippen LogP contribution >= 0.6 is 0 Å². The zero-order chi connectivity index (χ0) is 28.4. The Morgan fingerprint density at radius 3 is 1.77 bits per heavy atom. The number of aliphatic hydroxyl groups is 2. The first-order chi connectivity index (χ1) is 18.7. The number of benzene rings is 3. The van der Waals surface area contributed by atoms with Crippen LogP contribution in [0.5, 0.6) is 5.75 Å². The quantitative estimate of drug-likeness (QED) is 0.172. The van der Waals surface area contributed by atoms with E-state index in [0.717, 1.165) is 47.3 Å². The summed E-state index contributed by atoms with van der Waals surface area (Å²) >= 11 is 0. The van der Waals surface area contributed by atoms with Gasteiger partial charge in [0, 0.05) is 28.8 Å². The molecule has 3 aromatic carbocycles. The molecule has 0 fully saturated rings. The predicted octanol–water partition coefficient (Wildman–Crippen LogP) is 8.59. The summed E-state index contributed by atoms with van der Waals surface area (Å²) in [5.74, 6) is 0.690. The summed E-state index contributed by atoms with van der Waals surface area (Å²) in [4.78, 5) is 22.6. The van der Waals surface area contributed by atoms with Crippen molar-refractivity contribution in [3.05, 3.63) is 90.0 Å². The van der Waals surface area contributed by atoms with Crippen molar-refractivity contribution in [1.29, 1.82) is 0 Å². The second-order valence-corrected chi connectivity index (χ2v) is 9.87. The molecule has 0 bridgehead atoms. The van der Waals surface area contributed by atoms with Crippen LogP contribution in [0.3, 0.4) is 0 Å². The molecule has 0 amide bonds. The second kappa shape index (κ2) is 14.1. The van der Waals surface area contributed by atoms with Crippen LogP contribution in [-0.4, -0.2) is 28.4 Å². The molecule has 0 saturated heterocycles. The number of ketones is 2. The molecule has 0 aliphatic rings. The van der Waals surface area contributed by atoms with Crippen molar-refractivity contribution >= 4 is 23.1 Å². The van der Waals surface area contributed by atoms with E-state index in [1.165, 1.54) is 32.4 Å². The van der Waals surface area contributed by atoms with Gasteiger partial charge in [-0.2, -0.15) is 0 Å². The Kier molecular flexibility index (Phi) is 10.7. The summed E-state index contributed by atoms with van der Waals surface area (Å²) in [6, 6.07) is 20.9. The first-order valence-electron chi connectivity index (χ1n) is 13.5. The monoisotopic (exact) mass is 526 g/mol. The van der Waals surface area contributed by atoms with E-state index in [9.17, 15) is 19.8 Å². The number of ether oxygens (including phenoxy) is 1. The number of aliphatic hydroxyl groups excluding tert-OH is 2. The third kappa shape index (κ3) is 8.44. The molecule has 3 rings (SSSR count). The molecule has 39 heavy (non-hydrogen) atoms. The zero-order valence-corrected chi connectivity index (χ0v) is 23.2. The van der Waals surface area contributed by atoms with E-state index in [2.05, 4.69) is 13.8 Å². The van der Waals surface area contributed by atoms with Crippen molar-refractivity contribution in [3.8, 4) is 28.0 Å². The SMILES string of the molecule is CCCCC(CC)COc1cc(-c2ccc(/C(O)=C/C(C)=O)cc2)ccc1-c1ccc(/C(O)=C/C(C)=O)cc1. The normalized spacial score (nSPS) is 12.7. The minimum absolute atomic E-state index is 0.0567. The fourth-order valence-electron chi connectivity index (χ4n) is 4.37. The highest BCUT2D eigenvalue weighted by atomic mass is 16.5. The van der Waals surface area contributed by atoms with E-state index < -0.39 is 0 Å². The van der Waals surface area contributed by atoms with E-state index in [1.807, 2.05) is 42.5 Å². The summed E-state index contributed by atoms with van der Waals surface area (Å²) in [5, 5.41) is 20.3. The number of carbonyl (C=O) groups excluding carboxylic acids is 2. The van der Waals surface area contributed by atoms with Crippen LogP contribution in [0.4, 0.5) is 0 Å². The summed E-state index contributed by atoms with van der Waals surface area (Å²) in [6.45, 7) is 7.81. The Morgan fingerprint density at radius 1 is 0.769 bits per heavy atom. The lowest BCUT2D eigenvalue weighted by Crippen LogP contribution is -2.11. The number of unbranched alkanes of at least 4 members (excludes halogenated alkanes) is 1. The van der Waals surface area contributed by atoms with Crippen molar-refractivity contribution in [2.45, 2.75) is 53.4 Å². The fraction of sp³-hybridized carbons (Fsp3) is 0.294. The molecule has 0 radical (unpaired) electrons. The lowest BCUT2D eigenvalue weighted by atomic mass is 9.97. The zero-order valence-electron chi connectivity index (χ0n) is 23.2. The first kappa shape index (κ1) is 29.4. The van der Waals surface area contributed by atoms with Gasteiger partial charge in [0.1, 0.15) is 17.3 Å². The Balaban J connectivity index is 1.96. The molecule has 1 unspecified atom stereocenters. The molecular weight excluding hydrogens is 488 g/mol. The average Bonchev–Trinajstić information content (AvgIpc) is 2.92. The van der Waals surface area contributed by atoms with Crippen LogP contribution in [0.15, 0.2) is 78.9 Å². The third-order valence-electron chi connectivity index (χ3n) is 6.69. The Labute approximate surface area is 231 Å². The van der Waals surface area contributed by atoms with Gasteiger partial charge in [-0.25, -0.2) is 0 Å². The molecule has 3 aromatic rings. The molecule has 2 N–H and O–H groups in total. The first-order valence-corrected chi connectivity index (χ1v) is 13.5. The summed E-state index contributed by atoms with van der Waals surface area (Å²) < 4.78 is 6.45. The lowest BCUT2D eigenvalue weighted by Gasteiger charge is -2.19. The minimum atomic E-state index is -0.213. The molecule has 1 atom stereocenters. The Hall–Kier alpha value is -4.12. The van der Waals surface area contributed by atoms with E-state index >= 15 is 0 Å². The second-order valence-electron chi connectivity index (χ2n) is 9.87. The van der Waals surface area contributed by atoms with E-state index in [1.54, 1.807) is 24.3 Å². The number of rotatable bonds is 13. The maximum atomic E-state index is 11.3. The number of allylic oxidation sites excluding steroid dienone is 2. The van der Waals surface area contributed by atoms with Crippen molar-refractivity contribution in [1.82, 2.24) is 0 Å². The van der Waals surface area contributed by atoms with Gasteiger partial charge in [0.2, 0.25) is 0 Å². The van der Waals surface area contributed by atoms with Gasteiger partial charge in [0.25, 0.3) is 0 Å². The van der Waals surface area contributed by atoms with Crippen molar-refractivity contribution in [2.75, 3.05) is 6.61 Å². The minimum Gasteiger partial charge on any atom is -0.507 e. The Bertz CT molecular complexity index is 1330. The smallest absolute Gasteiger partial charge is 0.156 e. The van der Waals surface area contributed by atoms with Crippen molar-refractivity contribution in [3.63, 3.8) is 0 Å². The van der Waals surface area contributed by atoms with E-state index in [-0.39, 0.29) is 23.1 Å². The highest BCUT2D eigenvalue weighted by Crippen LogP contribution is 2.36. The van der Waals surface area contributed by atoms with Gasteiger partial charge in [0.05, 0.1) is 6.61 Å². The lowest BCUT2D eigenvalue weighted by molar-refractivity contribution is -0.113. The molecule has 5 nitrogen and oxygen atoms in total.